The van der Waals surface area contributed by atoms with E-state index in [1.165, 1.54) is 15.7 Å². The second-order valence-electron chi connectivity index (χ2n) is 8.34. The number of para-hydroxylation sites is 1. The molecule has 2 atom stereocenters. The van der Waals surface area contributed by atoms with Crippen LogP contribution in [0.5, 0.6) is 5.75 Å². The van der Waals surface area contributed by atoms with Gasteiger partial charge in [-0.15, -0.1) is 0 Å². The second-order valence-corrected chi connectivity index (χ2v) is 12.8. The highest BCUT2D eigenvalue weighted by Gasteiger charge is 2.56. The third-order valence-corrected chi connectivity index (χ3v) is 10.4. The van der Waals surface area contributed by atoms with Gasteiger partial charge in [0.15, 0.2) is 9.17 Å². The summed E-state index contributed by atoms with van der Waals surface area (Å²) in [5.41, 5.74) is 1.23. The molecule has 4 rings (SSSR count). The van der Waals surface area contributed by atoms with Crippen LogP contribution in [0.15, 0.2) is 83.8 Å². The van der Waals surface area contributed by atoms with Crippen LogP contribution in [0.25, 0.3) is 0 Å². The Morgan fingerprint density at radius 2 is 1.52 bits per heavy atom. The van der Waals surface area contributed by atoms with E-state index < -0.39 is 36.9 Å². The predicted molar refractivity (Wildman–Crippen MR) is 123 cm³/mol. The van der Waals surface area contributed by atoms with Crippen LogP contribution in [0.1, 0.15) is 36.7 Å². The van der Waals surface area contributed by atoms with Gasteiger partial charge in [-0.1, -0.05) is 61.9 Å². The summed E-state index contributed by atoms with van der Waals surface area (Å²) in [6, 6.07) is 23.8. The lowest BCUT2D eigenvalue weighted by Crippen LogP contribution is -3.67. The van der Waals surface area contributed by atoms with Gasteiger partial charge in [-0.05, 0) is 56.2 Å². The number of benzene rings is 3. The third-order valence-electron chi connectivity index (χ3n) is 5.64. The Hall–Kier alpha value is -2.23. The molecule has 33 heavy (non-hydrogen) atoms. The number of carbonyl (C=O) groups excluding carboxylic acids is 1. The van der Waals surface area contributed by atoms with E-state index in [4.69, 9.17) is 4.74 Å². The summed E-state index contributed by atoms with van der Waals surface area (Å²) in [5.74, 6) is 1.25. The number of hydrogen-bond donors (Lipinski definition) is 0. The minimum absolute atomic E-state index is 0.0522. The summed E-state index contributed by atoms with van der Waals surface area (Å²) in [4.78, 5) is 12.9. The average Bonchev–Trinajstić information content (AvgIpc) is 2.77. The molecule has 2 unspecified atom stereocenters. The zero-order valence-electron chi connectivity index (χ0n) is 19.0. The van der Waals surface area contributed by atoms with Crippen molar-refractivity contribution in [3.63, 3.8) is 0 Å². The lowest BCUT2D eigenvalue weighted by Gasteiger charge is -2.38. The van der Waals surface area contributed by atoms with Crippen LogP contribution < -0.4 is 25.9 Å². The fraction of sp³-hybridized carbons (Fsp3) is 0.269. The molecule has 3 aromatic carbocycles. The molecule has 0 fully saturated rings. The molecule has 0 aromatic heterocycles. The molecule has 0 aliphatic carbocycles. The van der Waals surface area contributed by atoms with Crippen molar-refractivity contribution in [3.05, 3.63) is 93.6 Å². The summed E-state index contributed by atoms with van der Waals surface area (Å²) in [6.45, 7) is 8.20. The molecule has 0 saturated heterocycles. The van der Waals surface area contributed by atoms with E-state index in [2.05, 4.69) is 32.9 Å². The SMILES string of the molecule is CC(C)C1(C)Oc2ccccc2C(=O)C1[I+]c1ccccc1.Cc1ccc(S(=O)(=O)[O-])cc1. The number of carbonyl (C=O) groups is 1. The number of fused-ring (bicyclic) bond motifs is 1. The third kappa shape index (κ3) is 6.02. The van der Waals surface area contributed by atoms with Gasteiger partial charge in [0.2, 0.25) is 5.78 Å². The zero-order valence-corrected chi connectivity index (χ0v) is 22.0. The Bertz CT molecular complexity index is 1210. The minimum atomic E-state index is -4.27. The highest BCUT2D eigenvalue weighted by molar-refractivity contribution is 7.85. The fourth-order valence-electron chi connectivity index (χ4n) is 3.33. The highest BCUT2D eigenvalue weighted by Crippen LogP contribution is 2.35. The second kappa shape index (κ2) is 10.4. The normalized spacial score (nSPS) is 19.8. The summed E-state index contributed by atoms with van der Waals surface area (Å²) in [6.07, 6.45) is 0. The van der Waals surface area contributed by atoms with Crippen molar-refractivity contribution >= 4 is 15.9 Å². The molecule has 5 nitrogen and oxygen atoms in total. The molecule has 3 aromatic rings. The molecule has 0 amide bonds. The van der Waals surface area contributed by atoms with Crippen molar-refractivity contribution in [2.75, 3.05) is 0 Å². The maximum Gasteiger partial charge on any atom is 0.329 e. The van der Waals surface area contributed by atoms with E-state index in [1.54, 1.807) is 12.1 Å². The lowest BCUT2D eigenvalue weighted by molar-refractivity contribution is -0.663. The van der Waals surface area contributed by atoms with Crippen molar-refractivity contribution in [1.29, 1.82) is 0 Å². The van der Waals surface area contributed by atoms with Crippen LogP contribution in [0.4, 0.5) is 0 Å². The lowest BCUT2D eigenvalue weighted by atomic mass is 9.83. The van der Waals surface area contributed by atoms with Crippen LogP contribution in [0.2, 0.25) is 0 Å². The molecule has 174 valence electrons. The van der Waals surface area contributed by atoms with E-state index in [0.717, 1.165) is 16.9 Å². The van der Waals surface area contributed by atoms with Gasteiger partial charge in [0.05, 0.1) is 10.5 Å². The predicted octanol–water partition coefficient (Wildman–Crippen LogP) is 1.90. The summed E-state index contributed by atoms with van der Waals surface area (Å²) in [5, 5.41) is 0. The van der Waals surface area contributed by atoms with E-state index in [-0.39, 0.29) is 20.5 Å². The molecule has 1 heterocycles. The van der Waals surface area contributed by atoms with Crippen LogP contribution in [-0.2, 0) is 10.1 Å². The Kier molecular flexibility index (Phi) is 7.97. The van der Waals surface area contributed by atoms with E-state index in [0.29, 0.717) is 0 Å². The van der Waals surface area contributed by atoms with Crippen molar-refractivity contribution < 1.29 is 43.7 Å². The first-order chi connectivity index (χ1) is 15.5. The van der Waals surface area contributed by atoms with Crippen molar-refractivity contribution in [3.8, 4) is 5.75 Å². The van der Waals surface area contributed by atoms with E-state index in [9.17, 15) is 17.8 Å². The summed E-state index contributed by atoms with van der Waals surface area (Å²) < 4.78 is 38.7. The molecule has 1 aliphatic rings. The van der Waals surface area contributed by atoms with Crippen molar-refractivity contribution in [2.45, 2.75) is 42.1 Å². The first-order valence-electron chi connectivity index (χ1n) is 10.6. The van der Waals surface area contributed by atoms with Gasteiger partial charge in [-0.2, -0.15) is 0 Å². The van der Waals surface area contributed by atoms with Gasteiger partial charge in [-0.3, -0.25) is 4.79 Å². The molecular formula is C26H27IO5S. The number of halogens is 1. The largest absolute Gasteiger partial charge is 0.744 e. The van der Waals surface area contributed by atoms with Crippen LogP contribution in [0, 0.1) is 16.4 Å². The Balaban J connectivity index is 0.000000235. The van der Waals surface area contributed by atoms with Crippen molar-refractivity contribution in [2.24, 2.45) is 5.92 Å². The van der Waals surface area contributed by atoms with Crippen LogP contribution in [-0.4, -0.2) is 28.3 Å². The van der Waals surface area contributed by atoms with Gasteiger partial charge in [-0.25, -0.2) is 8.42 Å². The molecule has 0 bridgehead atoms. The first kappa shape index (κ1) is 25.4. The van der Waals surface area contributed by atoms with Gasteiger partial charge < -0.3 is 9.29 Å². The monoisotopic (exact) mass is 578 g/mol. The highest BCUT2D eigenvalue weighted by atomic mass is 127. The molecule has 0 spiro atoms. The smallest absolute Gasteiger partial charge is 0.329 e. The zero-order chi connectivity index (χ0) is 24.2. The average molecular weight is 578 g/mol. The maximum absolute atomic E-state index is 13.1. The van der Waals surface area contributed by atoms with E-state index >= 15 is 0 Å². The number of alkyl halides is 1. The standard InChI is InChI=1S/C19H20IO2.C7H8O3S/c1-13(2)19(3)18(20-14-9-5-4-6-10-14)17(21)15-11-7-8-12-16(15)22-19;1-6-2-4-7(5-3-6)11(8,9)10/h4-13,18H,1-3H3;2-5H,1H3,(H,8,9,10)/q+1;/p-1. The first-order valence-corrected chi connectivity index (χ1v) is 14.3. The summed E-state index contributed by atoms with van der Waals surface area (Å²) >= 11 is -0.458. The number of hydrogen-bond acceptors (Lipinski definition) is 5. The molecule has 1 aliphatic heterocycles. The van der Waals surface area contributed by atoms with Gasteiger partial charge in [0, 0.05) is 0 Å². The van der Waals surface area contributed by atoms with Crippen LogP contribution in [0.3, 0.4) is 0 Å². The van der Waals surface area contributed by atoms with Gasteiger partial charge in [0.1, 0.15) is 15.9 Å². The quantitative estimate of drug-likeness (QED) is 0.269. The number of ether oxygens (including phenoxy) is 1. The maximum atomic E-state index is 13.1. The van der Waals surface area contributed by atoms with Gasteiger partial charge >= 0.3 is 21.2 Å². The molecule has 0 saturated carbocycles. The van der Waals surface area contributed by atoms with E-state index in [1.807, 2.05) is 49.4 Å². The molecule has 0 radical (unpaired) electrons. The fourth-order valence-corrected chi connectivity index (χ4v) is 7.43. The Morgan fingerprint density at radius 1 is 0.939 bits per heavy atom. The Labute approximate surface area is 206 Å². The number of ketones is 1. The minimum Gasteiger partial charge on any atom is -0.744 e. The topological polar surface area (TPSA) is 83.5 Å². The molecule has 0 N–H and O–H groups in total. The molecule has 7 heteroatoms. The number of Topliss-reactive ketones (excluding diaryl/α,β-unsaturated/α-hetero) is 1. The Morgan fingerprint density at radius 3 is 2.09 bits per heavy atom. The van der Waals surface area contributed by atoms with Crippen molar-refractivity contribution in [1.82, 2.24) is 0 Å². The summed E-state index contributed by atoms with van der Waals surface area (Å²) in [7, 11) is -4.27. The van der Waals surface area contributed by atoms with Crippen LogP contribution >= 0.6 is 0 Å². The molecular weight excluding hydrogens is 551 g/mol. The van der Waals surface area contributed by atoms with Gasteiger partial charge in [0.25, 0.3) is 3.92 Å². The number of rotatable bonds is 4. The number of aryl methyl sites for hydroxylation is 1.